The molecule has 0 aliphatic carbocycles. The van der Waals surface area contributed by atoms with E-state index in [2.05, 4.69) is 6.92 Å². The van der Waals surface area contributed by atoms with Crippen molar-refractivity contribution >= 4 is 10.2 Å². The van der Waals surface area contributed by atoms with Gasteiger partial charge >= 0.3 is 0 Å². The quantitative estimate of drug-likeness (QED) is 0.304. The van der Waals surface area contributed by atoms with Crippen LogP contribution in [-0.2, 0) is 9.47 Å². The van der Waals surface area contributed by atoms with Crippen molar-refractivity contribution in [3.05, 3.63) is 0 Å². The van der Waals surface area contributed by atoms with Gasteiger partial charge in [-0.3, -0.25) is 0 Å². The van der Waals surface area contributed by atoms with Crippen LogP contribution in [0.3, 0.4) is 0 Å². The Kier molecular flexibility index (Phi) is 11.3. The number of methoxy groups -OCH3 is 2. The third-order valence-electron chi connectivity index (χ3n) is 3.69. The molecule has 0 aromatic heterocycles. The SMILES string of the molecule is CCCCCCCCCCC(C[SiH3])(OC)OC. The van der Waals surface area contributed by atoms with Crippen LogP contribution in [0.2, 0.25) is 6.04 Å². The highest BCUT2D eigenvalue weighted by atomic mass is 28.1. The van der Waals surface area contributed by atoms with E-state index in [1.54, 1.807) is 14.2 Å². The number of rotatable bonds is 12. The third-order valence-corrected chi connectivity index (χ3v) is 4.77. The lowest BCUT2D eigenvalue weighted by Gasteiger charge is -2.29. The largest absolute Gasteiger partial charge is 0.354 e. The first-order valence-electron chi connectivity index (χ1n) is 7.35. The fourth-order valence-corrected chi connectivity index (χ4v) is 3.21. The Morgan fingerprint density at radius 3 is 1.71 bits per heavy atom. The lowest BCUT2D eigenvalue weighted by Crippen LogP contribution is -2.33. The molecule has 0 aliphatic rings. The summed E-state index contributed by atoms with van der Waals surface area (Å²) in [6.45, 7) is 2.27. The molecule has 0 aromatic carbocycles. The second-order valence-electron chi connectivity index (χ2n) is 4.90. The van der Waals surface area contributed by atoms with Crippen molar-refractivity contribution in [3.8, 4) is 0 Å². The van der Waals surface area contributed by atoms with Gasteiger partial charge in [0.15, 0.2) is 5.79 Å². The van der Waals surface area contributed by atoms with Crippen molar-refractivity contribution in [2.45, 2.75) is 76.5 Å². The number of hydrogen-bond acceptors (Lipinski definition) is 2. The highest BCUT2D eigenvalue weighted by Crippen LogP contribution is 2.23. The van der Waals surface area contributed by atoms with E-state index < -0.39 is 0 Å². The molecule has 0 N–H and O–H groups in total. The van der Waals surface area contributed by atoms with Crippen LogP contribution in [-0.4, -0.2) is 30.2 Å². The molecule has 0 spiro atoms. The first-order chi connectivity index (χ1) is 8.24. The van der Waals surface area contributed by atoms with Crippen molar-refractivity contribution < 1.29 is 9.47 Å². The predicted octanol–water partition coefficient (Wildman–Crippen LogP) is 3.29. The van der Waals surface area contributed by atoms with Crippen LogP contribution in [0.5, 0.6) is 0 Å². The van der Waals surface area contributed by atoms with Gasteiger partial charge in [0.1, 0.15) is 0 Å². The Hall–Kier alpha value is 0.137. The first-order valence-corrected chi connectivity index (χ1v) is 8.76. The summed E-state index contributed by atoms with van der Waals surface area (Å²) in [5.41, 5.74) is 0. The van der Waals surface area contributed by atoms with Gasteiger partial charge in [-0.05, 0) is 12.5 Å². The minimum absolute atomic E-state index is 0.269. The van der Waals surface area contributed by atoms with Crippen LogP contribution in [0.4, 0.5) is 0 Å². The van der Waals surface area contributed by atoms with Crippen LogP contribution < -0.4 is 0 Å². The third kappa shape index (κ3) is 7.95. The summed E-state index contributed by atoms with van der Waals surface area (Å²) in [6, 6.07) is 1.07. The van der Waals surface area contributed by atoms with E-state index >= 15 is 0 Å². The molecule has 0 heterocycles. The van der Waals surface area contributed by atoms with Gasteiger partial charge in [0.05, 0.1) is 0 Å². The molecule has 0 rings (SSSR count). The molecular weight excluding hydrogens is 228 g/mol. The van der Waals surface area contributed by atoms with E-state index in [1.807, 2.05) is 0 Å². The molecule has 0 fully saturated rings. The molecule has 0 radical (unpaired) electrons. The van der Waals surface area contributed by atoms with E-state index in [9.17, 15) is 0 Å². The second-order valence-corrected chi connectivity index (χ2v) is 5.60. The minimum Gasteiger partial charge on any atom is -0.354 e. The van der Waals surface area contributed by atoms with Crippen molar-refractivity contribution in [2.24, 2.45) is 0 Å². The van der Waals surface area contributed by atoms with Gasteiger partial charge in [0, 0.05) is 30.9 Å². The first kappa shape index (κ1) is 17.1. The lowest BCUT2D eigenvalue weighted by atomic mass is 10.0. The Morgan fingerprint density at radius 2 is 1.29 bits per heavy atom. The molecule has 17 heavy (non-hydrogen) atoms. The average Bonchev–Trinajstić information content (AvgIpc) is 2.38. The molecule has 2 nitrogen and oxygen atoms in total. The molecule has 0 unspecified atom stereocenters. The van der Waals surface area contributed by atoms with Crippen molar-refractivity contribution in [2.75, 3.05) is 14.2 Å². The predicted molar refractivity (Wildman–Crippen MR) is 78.7 cm³/mol. The van der Waals surface area contributed by atoms with Gasteiger partial charge in [-0.25, -0.2) is 0 Å². The summed E-state index contributed by atoms with van der Waals surface area (Å²) < 4.78 is 11.0. The van der Waals surface area contributed by atoms with E-state index in [-0.39, 0.29) is 5.79 Å². The van der Waals surface area contributed by atoms with Crippen LogP contribution in [0.1, 0.15) is 64.7 Å². The van der Waals surface area contributed by atoms with E-state index in [0.717, 1.165) is 22.7 Å². The van der Waals surface area contributed by atoms with Gasteiger partial charge in [-0.2, -0.15) is 0 Å². The Morgan fingerprint density at radius 1 is 0.824 bits per heavy atom. The van der Waals surface area contributed by atoms with Crippen LogP contribution in [0, 0.1) is 0 Å². The highest BCUT2D eigenvalue weighted by molar-refractivity contribution is 6.09. The summed E-state index contributed by atoms with van der Waals surface area (Å²) >= 11 is 0. The molecule has 0 saturated carbocycles. The zero-order valence-electron chi connectivity index (χ0n) is 12.4. The lowest BCUT2D eigenvalue weighted by molar-refractivity contribution is -0.197. The molecule has 0 atom stereocenters. The van der Waals surface area contributed by atoms with Crippen molar-refractivity contribution in [1.82, 2.24) is 0 Å². The molecule has 104 valence electrons. The number of ether oxygens (including phenoxy) is 2. The van der Waals surface area contributed by atoms with Crippen LogP contribution in [0.25, 0.3) is 0 Å². The van der Waals surface area contributed by atoms with Gasteiger partial charge < -0.3 is 9.47 Å². The van der Waals surface area contributed by atoms with Crippen LogP contribution in [0.15, 0.2) is 0 Å². The van der Waals surface area contributed by atoms with Crippen molar-refractivity contribution in [1.29, 1.82) is 0 Å². The number of hydrogen-bond donors (Lipinski definition) is 0. The molecule has 0 saturated heterocycles. The molecule has 0 amide bonds. The molecule has 0 aliphatic heterocycles. The molecule has 3 heteroatoms. The summed E-state index contributed by atoms with van der Waals surface area (Å²) in [7, 11) is 4.68. The zero-order valence-corrected chi connectivity index (χ0v) is 14.4. The molecule has 0 aromatic rings. The number of unbranched alkanes of at least 4 members (excludes halogenated alkanes) is 7. The van der Waals surface area contributed by atoms with E-state index in [4.69, 9.17) is 9.47 Å². The fraction of sp³-hybridized carbons (Fsp3) is 1.00. The summed E-state index contributed by atoms with van der Waals surface area (Å²) in [5.74, 6) is -0.269. The molecular formula is C14H32O2Si. The standard InChI is InChI=1S/C14H32O2Si/c1-4-5-6-7-8-9-10-11-12-14(13-17,15-2)16-3/h4-13H2,1-3,17H3. The van der Waals surface area contributed by atoms with Gasteiger partial charge in [0.25, 0.3) is 0 Å². The fourth-order valence-electron chi connectivity index (χ4n) is 2.28. The average molecular weight is 260 g/mol. The molecule has 0 bridgehead atoms. The van der Waals surface area contributed by atoms with E-state index in [0.29, 0.717) is 0 Å². The monoisotopic (exact) mass is 260 g/mol. The van der Waals surface area contributed by atoms with Gasteiger partial charge in [-0.1, -0.05) is 51.9 Å². The second kappa shape index (κ2) is 11.2. The maximum absolute atomic E-state index is 5.51. The smallest absolute Gasteiger partial charge is 0.164 e. The maximum atomic E-state index is 5.51. The summed E-state index contributed by atoms with van der Waals surface area (Å²) in [6.07, 6.45) is 11.9. The normalized spacial score (nSPS) is 12.2. The van der Waals surface area contributed by atoms with Gasteiger partial charge in [-0.15, -0.1) is 0 Å². The Balaban J connectivity index is 3.43. The maximum Gasteiger partial charge on any atom is 0.164 e. The van der Waals surface area contributed by atoms with Crippen LogP contribution >= 0.6 is 0 Å². The van der Waals surface area contributed by atoms with Crippen molar-refractivity contribution in [3.63, 3.8) is 0 Å². The van der Waals surface area contributed by atoms with Gasteiger partial charge in [0.2, 0.25) is 0 Å². The zero-order chi connectivity index (χ0) is 13.0. The summed E-state index contributed by atoms with van der Waals surface area (Å²) in [5, 5.41) is 0. The van der Waals surface area contributed by atoms with E-state index in [1.165, 1.54) is 51.4 Å². The highest BCUT2D eigenvalue weighted by Gasteiger charge is 2.25. The Labute approximate surface area is 111 Å². The minimum atomic E-state index is -0.269. The Bertz CT molecular complexity index is 150. The summed E-state index contributed by atoms with van der Waals surface area (Å²) in [4.78, 5) is 0. The topological polar surface area (TPSA) is 18.5 Å².